The first-order valence-corrected chi connectivity index (χ1v) is 5.03. The second-order valence-electron chi connectivity index (χ2n) is 3.42. The van der Waals surface area contributed by atoms with Gasteiger partial charge in [0.25, 0.3) is 0 Å². The zero-order valence-corrected chi connectivity index (χ0v) is 10.2. The molecule has 0 fully saturated rings. The summed E-state index contributed by atoms with van der Waals surface area (Å²) in [6.07, 6.45) is 5.73. The zero-order valence-electron chi connectivity index (χ0n) is 9.42. The van der Waals surface area contributed by atoms with Gasteiger partial charge in [0, 0.05) is 26.0 Å². The molecular formula is C10H16ClN5. The number of nitrogens with one attached hydrogen (secondary N) is 1. The molecule has 2 aromatic heterocycles. The van der Waals surface area contributed by atoms with Gasteiger partial charge in [-0.1, -0.05) is 0 Å². The summed E-state index contributed by atoms with van der Waals surface area (Å²) in [7, 11) is 1.90. The highest BCUT2D eigenvalue weighted by molar-refractivity contribution is 5.85. The largest absolute Gasteiger partial charge is 0.377 e. The SMILES string of the molecule is CCn1ccc(CNc2cnn(C)c2)n1.Cl. The molecule has 0 atom stereocenters. The molecule has 1 N–H and O–H groups in total. The molecule has 0 aromatic carbocycles. The third kappa shape index (κ3) is 3.00. The van der Waals surface area contributed by atoms with Crippen LogP contribution >= 0.6 is 12.4 Å². The fraction of sp³-hybridized carbons (Fsp3) is 0.400. The molecule has 0 unspecified atom stereocenters. The molecule has 0 radical (unpaired) electrons. The Balaban J connectivity index is 0.00000128. The Morgan fingerprint density at radius 1 is 1.44 bits per heavy atom. The first-order chi connectivity index (χ1) is 7.28. The molecule has 88 valence electrons. The van der Waals surface area contributed by atoms with Crippen LogP contribution in [0, 0.1) is 0 Å². The molecule has 6 heteroatoms. The van der Waals surface area contributed by atoms with Crippen molar-refractivity contribution in [2.75, 3.05) is 5.32 Å². The van der Waals surface area contributed by atoms with Crippen LogP contribution in [0.3, 0.4) is 0 Å². The maximum Gasteiger partial charge on any atom is 0.0815 e. The van der Waals surface area contributed by atoms with Crippen molar-refractivity contribution in [2.24, 2.45) is 7.05 Å². The van der Waals surface area contributed by atoms with E-state index in [9.17, 15) is 0 Å². The summed E-state index contributed by atoms with van der Waals surface area (Å²) in [5.41, 5.74) is 2.06. The van der Waals surface area contributed by atoms with E-state index >= 15 is 0 Å². The van der Waals surface area contributed by atoms with Crippen molar-refractivity contribution in [2.45, 2.75) is 20.0 Å². The lowest BCUT2D eigenvalue weighted by atomic mass is 10.4. The van der Waals surface area contributed by atoms with Gasteiger partial charge in [-0.15, -0.1) is 12.4 Å². The maximum atomic E-state index is 4.38. The summed E-state index contributed by atoms with van der Waals surface area (Å²) >= 11 is 0. The summed E-state index contributed by atoms with van der Waals surface area (Å²) in [6.45, 7) is 3.72. The predicted molar refractivity (Wildman–Crippen MR) is 65.7 cm³/mol. The predicted octanol–water partition coefficient (Wildman–Crippen LogP) is 1.67. The summed E-state index contributed by atoms with van der Waals surface area (Å²) in [6, 6.07) is 2.02. The van der Waals surface area contributed by atoms with Crippen LogP contribution in [0.2, 0.25) is 0 Å². The van der Waals surface area contributed by atoms with E-state index in [1.807, 2.05) is 30.2 Å². The smallest absolute Gasteiger partial charge is 0.0815 e. The topological polar surface area (TPSA) is 47.7 Å². The molecule has 0 spiro atoms. The third-order valence-electron chi connectivity index (χ3n) is 2.20. The van der Waals surface area contributed by atoms with Crippen molar-refractivity contribution in [1.82, 2.24) is 19.6 Å². The lowest BCUT2D eigenvalue weighted by Gasteiger charge is -1.99. The fourth-order valence-electron chi connectivity index (χ4n) is 1.38. The number of aryl methyl sites for hydroxylation is 2. The Bertz CT molecular complexity index is 434. The highest BCUT2D eigenvalue weighted by atomic mass is 35.5. The van der Waals surface area contributed by atoms with Crippen LogP contribution in [0.1, 0.15) is 12.6 Å². The van der Waals surface area contributed by atoms with E-state index in [0.717, 1.165) is 24.5 Å². The molecular weight excluding hydrogens is 226 g/mol. The van der Waals surface area contributed by atoms with E-state index in [2.05, 4.69) is 22.4 Å². The average Bonchev–Trinajstić information content (AvgIpc) is 2.83. The number of hydrogen-bond acceptors (Lipinski definition) is 3. The van der Waals surface area contributed by atoms with Gasteiger partial charge in [0.15, 0.2) is 0 Å². The zero-order chi connectivity index (χ0) is 10.7. The molecule has 2 heterocycles. The van der Waals surface area contributed by atoms with Gasteiger partial charge in [0.1, 0.15) is 0 Å². The van der Waals surface area contributed by atoms with E-state index in [1.54, 1.807) is 10.9 Å². The number of hydrogen-bond donors (Lipinski definition) is 1. The van der Waals surface area contributed by atoms with Gasteiger partial charge in [-0.25, -0.2) is 0 Å². The van der Waals surface area contributed by atoms with Crippen molar-refractivity contribution < 1.29 is 0 Å². The number of rotatable bonds is 4. The molecule has 0 saturated carbocycles. The first kappa shape index (κ1) is 12.6. The number of aromatic nitrogens is 4. The summed E-state index contributed by atoms with van der Waals surface area (Å²) in [5, 5.41) is 11.7. The molecule has 16 heavy (non-hydrogen) atoms. The van der Waals surface area contributed by atoms with Gasteiger partial charge in [-0.3, -0.25) is 9.36 Å². The standard InChI is InChI=1S/C10H15N5.ClH/c1-3-15-5-4-9(13-15)6-11-10-7-12-14(2)8-10;/h4-5,7-8,11H,3,6H2,1-2H3;1H. The van der Waals surface area contributed by atoms with Crippen molar-refractivity contribution in [3.05, 3.63) is 30.4 Å². The summed E-state index contributed by atoms with van der Waals surface area (Å²) in [5.74, 6) is 0. The highest BCUT2D eigenvalue weighted by Gasteiger charge is 1.99. The Morgan fingerprint density at radius 2 is 2.25 bits per heavy atom. The van der Waals surface area contributed by atoms with Gasteiger partial charge < -0.3 is 5.32 Å². The minimum Gasteiger partial charge on any atom is -0.377 e. The van der Waals surface area contributed by atoms with Gasteiger partial charge in [0.2, 0.25) is 0 Å². The minimum atomic E-state index is 0. The molecule has 5 nitrogen and oxygen atoms in total. The molecule has 0 aliphatic heterocycles. The normalized spacial score (nSPS) is 9.88. The molecule has 0 bridgehead atoms. The summed E-state index contributed by atoms with van der Waals surface area (Å²) < 4.78 is 3.69. The van der Waals surface area contributed by atoms with Crippen LogP contribution in [0.25, 0.3) is 0 Å². The van der Waals surface area contributed by atoms with Crippen LogP contribution in [0.5, 0.6) is 0 Å². The van der Waals surface area contributed by atoms with Crippen LogP contribution in [0.15, 0.2) is 24.7 Å². The van der Waals surface area contributed by atoms with Gasteiger partial charge >= 0.3 is 0 Å². The van der Waals surface area contributed by atoms with E-state index in [-0.39, 0.29) is 12.4 Å². The van der Waals surface area contributed by atoms with E-state index in [4.69, 9.17) is 0 Å². The van der Waals surface area contributed by atoms with E-state index in [0.29, 0.717) is 0 Å². The van der Waals surface area contributed by atoms with Crippen molar-refractivity contribution >= 4 is 18.1 Å². The molecule has 0 saturated heterocycles. The Labute approximate surface area is 101 Å². The number of nitrogens with zero attached hydrogens (tertiary/aromatic N) is 4. The molecule has 0 aliphatic rings. The van der Waals surface area contributed by atoms with E-state index in [1.165, 1.54) is 0 Å². The molecule has 2 rings (SSSR count). The maximum absolute atomic E-state index is 4.38. The van der Waals surface area contributed by atoms with E-state index < -0.39 is 0 Å². The van der Waals surface area contributed by atoms with Crippen LogP contribution in [-0.4, -0.2) is 19.6 Å². The summed E-state index contributed by atoms with van der Waals surface area (Å²) in [4.78, 5) is 0. The second kappa shape index (κ2) is 5.55. The first-order valence-electron chi connectivity index (χ1n) is 5.03. The highest BCUT2D eigenvalue weighted by Crippen LogP contribution is 2.05. The van der Waals surface area contributed by atoms with Crippen LogP contribution in [-0.2, 0) is 20.1 Å². The van der Waals surface area contributed by atoms with Crippen LogP contribution in [0.4, 0.5) is 5.69 Å². The third-order valence-corrected chi connectivity index (χ3v) is 2.20. The van der Waals surface area contributed by atoms with Crippen molar-refractivity contribution in [3.63, 3.8) is 0 Å². The van der Waals surface area contributed by atoms with Crippen molar-refractivity contribution in [1.29, 1.82) is 0 Å². The average molecular weight is 242 g/mol. The quantitative estimate of drug-likeness (QED) is 0.886. The number of halogens is 1. The second-order valence-corrected chi connectivity index (χ2v) is 3.42. The molecule has 0 aliphatic carbocycles. The van der Waals surface area contributed by atoms with Crippen LogP contribution < -0.4 is 5.32 Å². The lowest BCUT2D eigenvalue weighted by molar-refractivity contribution is 0.649. The monoisotopic (exact) mass is 241 g/mol. The van der Waals surface area contributed by atoms with Gasteiger partial charge in [-0.2, -0.15) is 10.2 Å². The Morgan fingerprint density at radius 3 is 2.81 bits per heavy atom. The lowest BCUT2D eigenvalue weighted by Crippen LogP contribution is -2.01. The number of anilines is 1. The Hall–Kier alpha value is -1.49. The van der Waals surface area contributed by atoms with Gasteiger partial charge in [0.05, 0.1) is 24.1 Å². The molecule has 0 amide bonds. The van der Waals surface area contributed by atoms with Gasteiger partial charge in [-0.05, 0) is 13.0 Å². The molecule has 2 aromatic rings. The Kier molecular flexibility index (Phi) is 4.37. The van der Waals surface area contributed by atoms with Crippen molar-refractivity contribution in [3.8, 4) is 0 Å². The minimum absolute atomic E-state index is 0. The fourth-order valence-corrected chi connectivity index (χ4v) is 1.38.